The highest BCUT2D eigenvalue weighted by atomic mass is 32.2. The van der Waals surface area contributed by atoms with Crippen LogP contribution in [-0.4, -0.2) is 50.5 Å². The fourth-order valence-electron chi connectivity index (χ4n) is 2.77. The van der Waals surface area contributed by atoms with Crippen molar-refractivity contribution in [3.8, 4) is 0 Å². The van der Waals surface area contributed by atoms with E-state index in [1.165, 1.54) is 28.0 Å². The standard InChI is InChI=1S/C17H20N4O4S3/c1-20(2)10-12-6-7-13(27-12)11-26-9-8-18-17-16-14(21(22)23)4-3-5-15(16)28(24,25)19-17/h3-7H,8-11H2,1-2H3,(H,18,19). The van der Waals surface area contributed by atoms with Crippen molar-refractivity contribution in [1.29, 1.82) is 0 Å². The zero-order chi connectivity index (χ0) is 20.3. The van der Waals surface area contributed by atoms with Gasteiger partial charge in [0.15, 0.2) is 5.84 Å². The third-order valence-electron chi connectivity index (χ3n) is 3.90. The molecule has 0 aliphatic carbocycles. The van der Waals surface area contributed by atoms with Gasteiger partial charge < -0.3 is 4.90 Å². The van der Waals surface area contributed by atoms with Crippen LogP contribution in [-0.2, 0) is 22.3 Å². The molecule has 0 radical (unpaired) electrons. The molecule has 1 aromatic heterocycles. The van der Waals surface area contributed by atoms with Crippen LogP contribution in [0, 0.1) is 10.1 Å². The monoisotopic (exact) mass is 440 g/mol. The van der Waals surface area contributed by atoms with E-state index in [9.17, 15) is 18.5 Å². The Morgan fingerprint density at radius 3 is 2.71 bits per heavy atom. The number of nitrogens with zero attached hydrogens (tertiary/aromatic N) is 3. The third-order valence-corrected chi connectivity index (χ3v) is 7.52. The normalized spacial score (nSPS) is 16.3. The van der Waals surface area contributed by atoms with Gasteiger partial charge in [-0.2, -0.15) is 11.8 Å². The van der Waals surface area contributed by atoms with E-state index in [2.05, 4.69) is 26.7 Å². The lowest BCUT2D eigenvalue weighted by Gasteiger charge is -2.06. The molecule has 8 nitrogen and oxygen atoms in total. The maximum Gasteiger partial charge on any atom is 0.281 e. The first kappa shape index (κ1) is 20.8. The maximum absolute atomic E-state index is 12.2. The SMILES string of the molecule is CN(C)Cc1ccc(CSCCN=C2NS(=O)(=O)c3cccc([N+](=O)[O-])c32)s1. The van der Waals surface area contributed by atoms with E-state index in [-0.39, 0.29) is 22.0 Å². The number of thiophene rings is 1. The van der Waals surface area contributed by atoms with E-state index in [1.807, 2.05) is 14.1 Å². The van der Waals surface area contributed by atoms with Crippen molar-refractivity contribution in [1.82, 2.24) is 9.62 Å². The third kappa shape index (κ3) is 4.72. The molecule has 0 saturated carbocycles. The molecular formula is C17H20N4O4S3. The summed E-state index contributed by atoms with van der Waals surface area (Å²) in [4.78, 5) is 19.5. The molecule has 150 valence electrons. The number of nitro groups is 1. The number of hydrogen-bond acceptors (Lipinski definition) is 8. The highest BCUT2D eigenvalue weighted by Gasteiger charge is 2.36. The van der Waals surface area contributed by atoms with Gasteiger partial charge in [-0.25, -0.2) is 8.42 Å². The Balaban J connectivity index is 1.62. The van der Waals surface area contributed by atoms with Crippen LogP contribution < -0.4 is 4.72 Å². The number of sulfonamides is 1. The molecule has 0 amide bonds. The summed E-state index contributed by atoms with van der Waals surface area (Å²) in [5.41, 5.74) is -0.214. The Morgan fingerprint density at radius 1 is 1.25 bits per heavy atom. The predicted molar refractivity (Wildman–Crippen MR) is 113 cm³/mol. The topological polar surface area (TPSA) is 105 Å². The van der Waals surface area contributed by atoms with Gasteiger partial charge in [0.2, 0.25) is 0 Å². The Bertz CT molecular complexity index is 1020. The summed E-state index contributed by atoms with van der Waals surface area (Å²) < 4.78 is 26.7. The molecule has 2 heterocycles. The van der Waals surface area contributed by atoms with Crippen LogP contribution in [0.25, 0.3) is 0 Å². The number of hydrogen-bond donors (Lipinski definition) is 1. The lowest BCUT2D eigenvalue weighted by Crippen LogP contribution is -2.22. The summed E-state index contributed by atoms with van der Waals surface area (Å²) in [5, 5.41) is 11.2. The van der Waals surface area contributed by atoms with E-state index in [4.69, 9.17) is 0 Å². The summed E-state index contributed by atoms with van der Waals surface area (Å²) in [6, 6.07) is 8.25. The molecule has 0 bridgehead atoms. The van der Waals surface area contributed by atoms with Gasteiger partial charge in [0, 0.05) is 33.9 Å². The fourth-order valence-corrected chi connectivity index (χ4v) is 6.11. The molecule has 28 heavy (non-hydrogen) atoms. The zero-order valence-corrected chi connectivity index (χ0v) is 17.9. The van der Waals surface area contributed by atoms with Gasteiger partial charge in [-0.3, -0.25) is 19.8 Å². The molecule has 0 unspecified atom stereocenters. The molecule has 0 saturated heterocycles. The lowest BCUT2D eigenvalue weighted by molar-refractivity contribution is -0.385. The van der Waals surface area contributed by atoms with Gasteiger partial charge in [0.25, 0.3) is 15.7 Å². The molecule has 0 fully saturated rings. The van der Waals surface area contributed by atoms with Gasteiger partial charge in [-0.15, -0.1) is 11.3 Å². The summed E-state index contributed by atoms with van der Waals surface area (Å²) in [7, 11) is 0.271. The average molecular weight is 441 g/mol. The van der Waals surface area contributed by atoms with Gasteiger partial charge in [-0.1, -0.05) is 6.07 Å². The van der Waals surface area contributed by atoms with E-state index >= 15 is 0 Å². The van der Waals surface area contributed by atoms with Crippen molar-refractivity contribution in [3.05, 3.63) is 55.8 Å². The summed E-state index contributed by atoms with van der Waals surface area (Å²) in [6.07, 6.45) is 0. The van der Waals surface area contributed by atoms with Gasteiger partial charge in [0.05, 0.1) is 11.5 Å². The van der Waals surface area contributed by atoms with Gasteiger partial charge in [-0.05, 0) is 32.3 Å². The lowest BCUT2D eigenvalue weighted by atomic mass is 10.1. The summed E-state index contributed by atoms with van der Waals surface area (Å²) >= 11 is 3.47. The number of rotatable bonds is 8. The average Bonchev–Trinajstić information content (AvgIpc) is 3.16. The molecular weight excluding hydrogens is 420 g/mol. The first-order valence-corrected chi connectivity index (χ1v) is 11.9. The van der Waals surface area contributed by atoms with Gasteiger partial charge >= 0.3 is 0 Å². The molecule has 1 aliphatic heterocycles. The number of thioether (sulfide) groups is 1. The van der Waals surface area contributed by atoms with Crippen LogP contribution >= 0.6 is 23.1 Å². The maximum atomic E-state index is 12.2. The van der Waals surface area contributed by atoms with Crippen molar-refractivity contribution in [2.45, 2.75) is 17.2 Å². The Hall–Kier alpha value is -1.95. The predicted octanol–water partition coefficient (Wildman–Crippen LogP) is 2.69. The van der Waals surface area contributed by atoms with Crippen molar-refractivity contribution in [2.24, 2.45) is 4.99 Å². The molecule has 1 N–H and O–H groups in total. The molecule has 0 spiro atoms. The van der Waals surface area contributed by atoms with Gasteiger partial charge in [0.1, 0.15) is 10.5 Å². The van der Waals surface area contributed by atoms with Crippen LogP contribution in [0.3, 0.4) is 0 Å². The summed E-state index contributed by atoms with van der Waals surface area (Å²) in [5.74, 6) is 1.58. The van der Waals surface area contributed by atoms with Crippen LogP contribution in [0.2, 0.25) is 0 Å². The number of nitro benzene ring substituents is 1. The zero-order valence-electron chi connectivity index (χ0n) is 15.4. The first-order valence-electron chi connectivity index (χ1n) is 8.43. The molecule has 1 aliphatic rings. The van der Waals surface area contributed by atoms with Crippen molar-refractivity contribution >= 4 is 44.6 Å². The Kier molecular flexibility index (Phi) is 6.38. The fraction of sp³-hybridized carbons (Fsp3) is 0.353. The van der Waals surface area contributed by atoms with E-state index < -0.39 is 14.9 Å². The molecule has 0 atom stereocenters. The minimum absolute atomic E-state index is 0.0454. The minimum Gasteiger partial charge on any atom is -0.304 e. The smallest absolute Gasteiger partial charge is 0.281 e. The number of benzene rings is 1. The second-order valence-corrected chi connectivity index (χ2v) is 10.4. The van der Waals surface area contributed by atoms with Crippen molar-refractivity contribution in [2.75, 3.05) is 26.4 Å². The molecule has 2 aromatic rings. The summed E-state index contributed by atoms with van der Waals surface area (Å²) in [6.45, 7) is 1.28. The van der Waals surface area contributed by atoms with E-state index in [0.717, 1.165) is 12.3 Å². The highest BCUT2D eigenvalue weighted by Crippen LogP contribution is 2.31. The number of amidine groups is 1. The van der Waals surface area contributed by atoms with Crippen molar-refractivity contribution < 1.29 is 13.3 Å². The van der Waals surface area contributed by atoms with Crippen LogP contribution in [0.4, 0.5) is 5.69 Å². The number of fused-ring (bicyclic) bond motifs is 1. The quantitative estimate of drug-likeness (QED) is 0.384. The van der Waals surface area contributed by atoms with Crippen LogP contribution in [0.15, 0.2) is 40.2 Å². The van der Waals surface area contributed by atoms with E-state index in [1.54, 1.807) is 23.1 Å². The molecule has 11 heteroatoms. The highest BCUT2D eigenvalue weighted by molar-refractivity contribution is 7.98. The van der Waals surface area contributed by atoms with Crippen molar-refractivity contribution in [3.63, 3.8) is 0 Å². The number of nitrogens with one attached hydrogen (secondary N) is 1. The van der Waals surface area contributed by atoms with Crippen LogP contribution in [0.1, 0.15) is 15.3 Å². The van der Waals surface area contributed by atoms with Crippen LogP contribution in [0.5, 0.6) is 0 Å². The second-order valence-electron chi connectivity index (χ2n) is 6.40. The largest absolute Gasteiger partial charge is 0.304 e. The second kappa shape index (κ2) is 8.60. The minimum atomic E-state index is -3.80. The molecule has 1 aromatic carbocycles. The molecule has 3 rings (SSSR count). The van der Waals surface area contributed by atoms with E-state index in [0.29, 0.717) is 12.3 Å². The first-order chi connectivity index (χ1) is 13.3. The Morgan fingerprint density at radius 2 is 2.00 bits per heavy atom. The Labute approximate surface area is 171 Å². The number of aliphatic imine (C=N–C) groups is 1.